The Morgan fingerprint density at radius 1 is 1.30 bits per heavy atom. The number of carbonyl (C=O) groups excluding carboxylic acids is 1. The van der Waals surface area contributed by atoms with E-state index in [0.29, 0.717) is 10.9 Å². The molecule has 0 bridgehead atoms. The van der Waals surface area contributed by atoms with Crippen LogP contribution in [0.1, 0.15) is 20.3 Å². The number of piperazine rings is 1. The lowest BCUT2D eigenvalue weighted by atomic mass is 10.1. The third kappa shape index (κ3) is 2.62. The van der Waals surface area contributed by atoms with Gasteiger partial charge in [0.05, 0.1) is 5.02 Å². The summed E-state index contributed by atoms with van der Waals surface area (Å²) in [6.45, 7) is 7.60. The van der Waals surface area contributed by atoms with E-state index in [2.05, 4.69) is 23.7 Å². The van der Waals surface area contributed by atoms with Crippen molar-refractivity contribution in [2.24, 2.45) is 11.3 Å². The Balaban J connectivity index is 1.57. The number of nitrogens with zero attached hydrogens (tertiary/aromatic N) is 3. The Labute approximate surface area is 124 Å². The molecule has 0 radical (unpaired) electrons. The Morgan fingerprint density at radius 2 is 1.95 bits per heavy atom. The maximum atomic E-state index is 12.3. The zero-order valence-electron chi connectivity index (χ0n) is 12.0. The Morgan fingerprint density at radius 3 is 2.45 bits per heavy atom. The fourth-order valence-electron chi connectivity index (χ4n) is 2.82. The van der Waals surface area contributed by atoms with Gasteiger partial charge in [0.1, 0.15) is 5.82 Å². The second kappa shape index (κ2) is 4.92. The van der Waals surface area contributed by atoms with Gasteiger partial charge in [-0.3, -0.25) is 4.79 Å². The monoisotopic (exact) mass is 293 g/mol. The van der Waals surface area contributed by atoms with Crippen LogP contribution in [0.15, 0.2) is 18.3 Å². The fourth-order valence-corrected chi connectivity index (χ4v) is 2.93. The van der Waals surface area contributed by atoms with Gasteiger partial charge in [0.25, 0.3) is 0 Å². The van der Waals surface area contributed by atoms with Crippen molar-refractivity contribution >= 4 is 23.3 Å². The van der Waals surface area contributed by atoms with Crippen LogP contribution in [-0.2, 0) is 4.79 Å². The van der Waals surface area contributed by atoms with Gasteiger partial charge in [0, 0.05) is 38.3 Å². The van der Waals surface area contributed by atoms with Gasteiger partial charge < -0.3 is 9.80 Å². The summed E-state index contributed by atoms with van der Waals surface area (Å²) >= 11 is 5.85. The zero-order valence-corrected chi connectivity index (χ0v) is 12.7. The highest BCUT2D eigenvalue weighted by atomic mass is 35.5. The van der Waals surface area contributed by atoms with Crippen LogP contribution in [-0.4, -0.2) is 42.0 Å². The van der Waals surface area contributed by atoms with E-state index in [1.165, 1.54) is 0 Å². The van der Waals surface area contributed by atoms with Gasteiger partial charge in [-0.2, -0.15) is 0 Å². The number of anilines is 1. The third-order valence-corrected chi connectivity index (χ3v) is 4.66. The van der Waals surface area contributed by atoms with Gasteiger partial charge in [-0.05, 0) is 24.0 Å². The second-order valence-corrected chi connectivity index (χ2v) is 6.83. The summed E-state index contributed by atoms with van der Waals surface area (Å²) in [4.78, 5) is 20.9. The number of halogens is 1. The van der Waals surface area contributed by atoms with E-state index in [-0.39, 0.29) is 11.3 Å². The predicted octanol–water partition coefficient (Wildman–Crippen LogP) is 2.43. The minimum absolute atomic E-state index is 0.214. The van der Waals surface area contributed by atoms with E-state index in [1.54, 1.807) is 6.20 Å². The molecule has 1 saturated heterocycles. The van der Waals surface area contributed by atoms with Crippen LogP contribution in [0.5, 0.6) is 0 Å². The first-order valence-electron chi connectivity index (χ1n) is 7.13. The quantitative estimate of drug-likeness (QED) is 0.840. The molecule has 108 valence electrons. The van der Waals surface area contributed by atoms with Crippen molar-refractivity contribution in [1.29, 1.82) is 0 Å². The van der Waals surface area contributed by atoms with Crippen molar-refractivity contribution in [1.82, 2.24) is 9.88 Å². The molecule has 2 fully saturated rings. The van der Waals surface area contributed by atoms with Crippen LogP contribution < -0.4 is 4.90 Å². The minimum atomic E-state index is 0.214. The molecule has 1 aromatic rings. The summed E-state index contributed by atoms with van der Waals surface area (Å²) in [5.41, 5.74) is 0.214. The lowest BCUT2D eigenvalue weighted by Crippen LogP contribution is -2.49. The topological polar surface area (TPSA) is 36.4 Å². The molecule has 1 saturated carbocycles. The van der Waals surface area contributed by atoms with Gasteiger partial charge in [0.2, 0.25) is 5.91 Å². The Kier molecular flexibility index (Phi) is 3.36. The highest BCUT2D eigenvalue weighted by Gasteiger charge is 2.52. The minimum Gasteiger partial charge on any atom is -0.353 e. The van der Waals surface area contributed by atoms with Crippen LogP contribution in [0, 0.1) is 11.3 Å². The number of hydrogen-bond acceptors (Lipinski definition) is 3. The van der Waals surface area contributed by atoms with Crippen LogP contribution in [0.25, 0.3) is 0 Å². The number of rotatable bonds is 2. The molecular weight excluding hydrogens is 274 g/mol. The molecule has 1 aliphatic carbocycles. The summed E-state index contributed by atoms with van der Waals surface area (Å²) < 4.78 is 0. The van der Waals surface area contributed by atoms with E-state index in [1.807, 2.05) is 17.0 Å². The highest BCUT2D eigenvalue weighted by Crippen LogP contribution is 2.52. The number of pyridine rings is 1. The normalized spacial score (nSPS) is 24.6. The second-order valence-electron chi connectivity index (χ2n) is 6.39. The van der Waals surface area contributed by atoms with Gasteiger partial charge >= 0.3 is 0 Å². The van der Waals surface area contributed by atoms with Crippen molar-refractivity contribution in [2.45, 2.75) is 20.3 Å². The zero-order chi connectivity index (χ0) is 14.3. The summed E-state index contributed by atoms with van der Waals surface area (Å²) in [6.07, 6.45) is 2.70. The maximum absolute atomic E-state index is 12.3. The van der Waals surface area contributed by atoms with Crippen LogP contribution in [0.4, 0.5) is 5.82 Å². The maximum Gasteiger partial charge on any atom is 0.226 e. The number of aromatic nitrogens is 1. The molecule has 1 unspecified atom stereocenters. The van der Waals surface area contributed by atoms with Gasteiger partial charge in [-0.25, -0.2) is 4.98 Å². The molecule has 0 spiro atoms. The molecular formula is C15H20ClN3O. The largest absolute Gasteiger partial charge is 0.353 e. The lowest BCUT2D eigenvalue weighted by Gasteiger charge is -2.35. The third-order valence-electron chi connectivity index (χ3n) is 4.44. The molecule has 0 aromatic carbocycles. The van der Waals surface area contributed by atoms with Crippen molar-refractivity contribution in [3.05, 3.63) is 23.4 Å². The fraction of sp³-hybridized carbons (Fsp3) is 0.600. The smallest absolute Gasteiger partial charge is 0.226 e. The first kappa shape index (κ1) is 13.7. The van der Waals surface area contributed by atoms with E-state index in [9.17, 15) is 4.79 Å². The average Bonchev–Trinajstić information content (AvgIpc) is 3.08. The van der Waals surface area contributed by atoms with Gasteiger partial charge in [-0.15, -0.1) is 0 Å². The summed E-state index contributed by atoms with van der Waals surface area (Å²) in [6, 6.07) is 3.79. The molecule has 1 aliphatic heterocycles. The average molecular weight is 294 g/mol. The summed E-state index contributed by atoms with van der Waals surface area (Å²) in [5, 5.41) is 0.651. The molecule has 0 N–H and O–H groups in total. The van der Waals surface area contributed by atoms with Crippen LogP contribution >= 0.6 is 11.6 Å². The first-order valence-corrected chi connectivity index (χ1v) is 7.50. The molecule has 4 nitrogen and oxygen atoms in total. The molecule has 2 heterocycles. The number of hydrogen-bond donors (Lipinski definition) is 0. The molecule has 1 amide bonds. The molecule has 5 heteroatoms. The van der Waals surface area contributed by atoms with E-state index in [0.717, 1.165) is 38.4 Å². The Hall–Kier alpha value is -1.29. The van der Waals surface area contributed by atoms with Crippen LogP contribution in [0.2, 0.25) is 5.02 Å². The number of carbonyl (C=O) groups is 1. The molecule has 20 heavy (non-hydrogen) atoms. The number of amides is 1. The first-order chi connectivity index (χ1) is 9.47. The molecule has 1 atom stereocenters. The van der Waals surface area contributed by atoms with Gasteiger partial charge in [-0.1, -0.05) is 25.4 Å². The molecule has 2 aliphatic rings. The van der Waals surface area contributed by atoms with E-state index >= 15 is 0 Å². The van der Waals surface area contributed by atoms with E-state index in [4.69, 9.17) is 11.6 Å². The predicted molar refractivity (Wildman–Crippen MR) is 79.9 cm³/mol. The standard InChI is InChI=1S/C15H20ClN3O/c1-15(2)9-12(15)14(20)19-7-5-18(6-8-19)13-4-3-11(16)10-17-13/h3-4,10,12H,5-9H2,1-2H3. The van der Waals surface area contributed by atoms with Crippen molar-refractivity contribution in [2.75, 3.05) is 31.1 Å². The SMILES string of the molecule is CC1(C)CC1C(=O)N1CCN(c2ccc(Cl)cn2)CC1. The van der Waals surface area contributed by atoms with Gasteiger partial charge in [0.15, 0.2) is 0 Å². The van der Waals surface area contributed by atoms with Crippen molar-refractivity contribution in [3.8, 4) is 0 Å². The molecule has 3 rings (SSSR count). The highest BCUT2D eigenvalue weighted by molar-refractivity contribution is 6.30. The van der Waals surface area contributed by atoms with E-state index < -0.39 is 0 Å². The van der Waals surface area contributed by atoms with Crippen LogP contribution in [0.3, 0.4) is 0 Å². The summed E-state index contributed by atoms with van der Waals surface area (Å²) in [7, 11) is 0. The van der Waals surface area contributed by atoms with Crippen molar-refractivity contribution in [3.63, 3.8) is 0 Å². The summed E-state index contributed by atoms with van der Waals surface area (Å²) in [5.74, 6) is 1.51. The molecule has 1 aromatic heterocycles. The Bertz CT molecular complexity index is 506. The van der Waals surface area contributed by atoms with Crippen molar-refractivity contribution < 1.29 is 4.79 Å². The lowest BCUT2D eigenvalue weighted by molar-refractivity contribution is -0.133.